The van der Waals surface area contributed by atoms with E-state index < -0.39 is 0 Å². The van der Waals surface area contributed by atoms with Gasteiger partial charge in [-0.1, -0.05) is 19.8 Å². The minimum atomic E-state index is -0.0511. The van der Waals surface area contributed by atoms with E-state index in [0.717, 1.165) is 61.9 Å². The highest BCUT2D eigenvalue weighted by molar-refractivity contribution is 5.77. The summed E-state index contributed by atoms with van der Waals surface area (Å²) in [7, 11) is 0. The first-order chi connectivity index (χ1) is 15.1. The third kappa shape index (κ3) is 4.46. The van der Waals surface area contributed by atoms with Crippen molar-refractivity contribution in [1.82, 2.24) is 19.8 Å². The number of H-pyrrole nitrogens is 1. The van der Waals surface area contributed by atoms with Gasteiger partial charge < -0.3 is 9.88 Å². The first kappa shape index (κ1) is 21.2. The SMILES string of the molecule is CC1CCC(N2CCc3nc(C4CCCN4C(=O)CC4CCCC4)[nH]c(=O)c3C2)CC1. The zero-order valence-electron chi connectivity index (χ0n) is 19.1. The van der Waals surface area contributed by atoms with Crippen molar-refractivity contribution >= 4 is 5.91 Å². The normalized spacial score (nSPS) is 30.0. The number of amides is 1. The Labute approximate surface area is 185 Å². The number of hydrogen-bond donors (Lipinski definition) is 1. The molecule has 1 unspecified atom stereocenters. The summed E-state index contributed by atoms with van der Waals surface area (Å²) < 4.78 is 0. The van der Waals surface area contributed by atoms with Gasteiger partial charge in [0.25, 0.3) is 5.56 Å². The molecular weight excluding hydrogens is 388 g/mol. The van der Waals surface area contributed by atoms with Crippen LogP contribution in [0.5, 0.6) is 0 Å². The van der Waals surface area contributed by atoms with Crippen molar-refractivity contribution < 1.29 is 4.79 Å². The summed E-state index contributed by atoms with van der Waals surface area (Å²) in [6.45, 7) is 4.87. The molecule has 0 aromatic carbocycles. The van der Waals surface area contributed by atoms with E-state index in [0.29, 0.717) is 18.4 Å². The first-order valence-electron chi connectivity index (χ1n) is 12.7. The second kappa shape index (κ2) is 9.05. The number of carbonyl (C=O) groups is 1. The molecule has 5 rings (SSSR count). The molecule has 3 heterocycles. The Bertz CT molecular complexity index is 852. The molecule has 1 aromatic heterocycles. The standard InChI is InChI=1S/C25H38N4O2/c1-17-8-10-19(11-9-17)28-14-12-21-20(16-28)25(31)27-24(26-21)22-7-4-13-29(22)23(30)15-18-5-2-3-6-18/h17-19,22H,2-16H2,1H3,(H,26,27,31). The molecule has 1 amide bonds. The van der Waals surface area contributed by atoms with Crippen molar-refractivity contribution in [1.29, 1.82) is 0 Å². The number of hydrogen-bond acceptors (Lipinski definition) is 4. The van der Waals surface area contributed by atoms with Crippen molar-refractivity contribution in [3.8, 4) is 0 Å². The predicted molar refractivity (Wildman–Crippen MR) is 121 cm³/mol. The third-order valence-corrected chi connectivity index (χ3v) is 8.45. The molecule has 31 heavy (non-hydrogen) atoms. The largest absolute Gasteiger partial charge is 0.333 e. The van der Waals surface area contributed by atoms with Gasteiger partial charge >= 0.3 is 0 Å². The van der Waals surface area contributed by atoms with Crippen LogP contribution in [0.3, 0.4) is 0 Å². The van der Waals surface area contributed by atoms with Crippen LogP contribution in [0, 0.1) is 11.8 Å². The topological polar surface area (TPSA) is 69.3 Å². The van der Waals surface area contributed by atoms with Crippen LogP contribution in [0.25, 0.3) is 0 Å². The molecule has 170 valence electrons. The molecule has 2 aliphatic carbocycles. The Balaban J connectivity index is 1.30. The summed E-state index contributed by atoms with van der Waals surface area (Å²) in [5, 5.41) is 0. The predicted octanol–water partition coefficient (Wildman–Crippen LogP) is 3.95. The van der Waals surface area contributed by atoms with Crippen LogP contribution in [0.1, 0.15) is 101 Å². The van der Waals surface area contributed by atoms with Gasteiger partial charge in [0, 0.05) is 38.5 Å². The number of aromatic amines is 1. The molecule has 0 bridgehead atoms. The van der Waals surface area contributed by atoms with Gasteiger partial charge in [0.15, 0.2) is 0 Å². The fraction of sp³-hybridized carbons (Fsp3) is 0.800. The van der Waals surface area contributed by atoms with E-state index in [-0.39, 0.29) is 17.5 Å². The van der Waals surface area contributed by atoms with Crippen LogP contribution in [0.4, 0.5) is 0 Å². The minimum Gasteiger partial charge on any atom is -0.333 e. The zero-order chi connectivity index (χ0) is 21.4. The highest BCUT2D eigenvalue weighted by atomic mass is 16.2. The Kier molecular flexibility index (Phi) is 6.18. The Hall–Kier alpha value is -1.69. The van der Waals surface area contributed by atoms with Crippen LogP contribution < -0.4 is 5.56 Å². The van der Waals surface area contributed by atoms with Gasteiger partial charge in [-0.15, -0.1) is 0 Å². The average molecular weight is 427 g/mol. The lowest BCUT2D eigenvalue weighted by atomic mass is 9.86. The molecule has 1 aromatic rings. The van der Waals surface area contributed by atoms with E-state index in [2.05, 4.69) is 16.8 Å². The van der Waals surface area contributed by atoms with Crippen molar-refractivity contribution in [2.24, 2.45) is 11.8 Å². The maximum absolute atomic E-state index is 13.1. The Morgan fingerprint density at radius 3 is 2.58 bits per heavy atom. The molecule has 4 aliphatic rings. The monoisotopic (exact) mass is 426 g/mol. The van der Waals surface area contributed by atoms with E-state index in [1.165, 1.54) is 51.4 Å². The fourth-order valence-corrected chi connectivity index (χ4v) is 6.47. The van der Waals surface area contributed by atoms with Crippen LogP contribution >= 0.6 is 0 Å². The molecule has 0 radical (unpaired) electrons. The summed E-state index contributed by atoms with van der Waals surface area (Å²) >= 11 is 0. The van der Waals surface area contributed by atoms with E-state index in [4.69, 9.17) is 4.98 Å². The quantitative estimate of drug-likeness (QED) is 0.791. The second-order valence-corrected chi connectivity index (χ2v) is 10.6. The van der Waals surface area contributed by atoms with Gasteiger partial charge in [-0.2, -0.15) is 0 Å². The molecule has 1 saturated heterocycles. The fourth-order valence-electron chi connectivity index (χ4n) is 6.47. The molecule has 1 atom stereocenters. The van der Waals surface area contributed by atoms with E-state index in [1.54, 1.807) is 0 Å². The van der Waals surface area contributed by atoms with E-state index >= 15 is 0 Å². The number of fused-ring (bicyclic) bond motifs is 1. The summed E-state index contributed by atoms with van der Waals surface area (Å²) in [5.41, 5.74) is 1.84. The van der Waals surface area contributed by atoms with E-state index in [1.807, 2.05) is 4.90 Å². The molecule has 2 saturated carbocycles. The summed E-state index contributed by atoms with van der Waals surface area (Å²) in [4.78, 5) is 38.6. The van der Waals surface area contributed by atoms with E-state index in [9.17, 15) is 9.59 Å². The molecular formula is C25H38N4O2. The van der Waals surface area contributed by atoms with Crippen LogP contribution in [-0.2, 0) is 17.8 Å². The first-order valence-corrected chi connectivity index (χ1v) is 12.7. The molecule has 6 nitrogen and oxygen atoms in total. The number of carbonyl (C=O) groups excluding carboxylic acids is 1. The van der Waals surface area contributed by atoms with Gasteiger partial charge in [0.2, 0.25) is 5.91 Å². The maximum Gasteiger partial charge on any atom is 0.255 e. The number of aromatic nitrogens is 2. The summed E-state index contributed by atoms with van der Waals surface area (Å²) in [6, 6.07) is 0.562. The number of nitrogens with zero attached hydrogens (tertiary/aromatic N) is 3. The Morgan fingerprint density at radius 1 is 1.03 bits per heavy atom. The Morgan fingerprint density at radius 2 is 1.81 bits per heavy atom. The number of nitrogens with one attached hydrogen (secondary N) is 1. The zero-order valence-corrected chi connectivity index (χ0v) is 19.1. The summed E-state index contributed by atoms with van der Waals surface area (Å²) in [6.07, 6.45) is 13.4. The van der Waals surface area contributed by atoms with Crippen molar-refractivity contribution in [2.75, 3.05) is 13.1 Å². The maximum atomic E-state index is 13.1. The second-order valence-electron chi connectivity index (χ2n) is 10.6. The number of likely N-dealkylation sites (tertiary alicyclic amines) is 1. The summed E-state index contributed by atoms with van der Waals surface area (Å²) in [5.74, 6) is 2.37. The van der Waals surface area contributed by atoms with Gasteiger partial charge in [-0.25, -0.2) is 4.98 Å². The molecule has 2 aliphatic heterocycles. The third-order valence-electron chi connectivity index (χ3n) is 8.45. The molecule has 3 fully saturated rings. The minimum absolute atomic E-state index is 0.0176. The smallest absolute Gasteiger partial charge is 0.255 e. The molecule has 1 N–H and O–H groups in total. The highest BCUT2D eigenvalue weighted by Crippen LogP contribution is 2.34. The highest BCUT2D eigenvalue weighted by Gasteiger charge is 2.35. The average Bonchev–Trinajstić information content (AvgIpc) is 3.46. The lowest BCUT2D eigenvalue weighted by Gasteiger charge is -2.38. The lowest BCUT2D eigenvalue weighted by Crippen LogP contribution is -2.44. The van der Waals surface area contributed by atoms with Gasteiger partial charge in [-0.3, -0.25) is 14.5 Å². The van der Waals surface area contributed by atoms with Crippen molar-refractivity contribution in [3.05, 3.63) is 27.4 Å². The van der Waals surface area contributed by atoms with Crippen molar-refractivity contribution in [2.45, 2.75) is 103 Å². The molecule has 6 heteroatoms. The lowest BCUT2D eigenvalue weighted by molar-refractivity contribution is -0.133. The van der Waals surface area contributed by atoms with Gasteiger partial charge in [0.05, 0.1) is 17.3 Å². The molecule has 0 spiro atoms. The van der Waals surface area contributed by atoms with Crippen molar-refractivity contribution in [3.63, 3.8) is 0 Å². The van der Waals surface area contributed by atoms with Crippen LogP contribution in [0.2, 0.25) is 0 Å². The van der Waals surface area contributed by atoms with Gasteiger partial charge in [0.1, 0.15) is 5.82 Å². The van der Waals surface area contributed by atoms with Gasteiger partial charge in [-0.05, 0) is 63.2 Å². The van der Waals surface area contributed by atoms with Crippen LogP contribution in [0.15, 0.2) is 4.79 Å². The number of rotatable bonds is 4. The van der Waals surface area contributed by atoms with Crippen LogP contribution in [-0.4, -0.2) is 44.8 Å².